The van der Waals surface area contributed by atoms with Crippen LogP contribution in [0.5, 0.6) is 11.5 Å². The van der Waals surface area contributed by atoms with Crippen molar-refractivity contribution in [1.82, 2.24) is 5.32 Å². The zero-order chi connectivity index (χ0) is 18.1. The third-order valence-corrected chi connectivity index (χ3v) is 3.99. The summed E-state index contributed by atoms with van der Waals surface area (Å²) in [5.74, 6) is -1.54. The molecule has 1 saturated heterocycles. The molecule has 2 amide bonds. The molecule has 0 unspecified atom stereocenters. The smallest absolute Gasteiger partial charge is 0.270 e. The van der Waals surface area contributed by atoms with Crippen molar-refractivity contribution in [2.45, 2.75) is 6.92 Å². The highest BCUT2D eigenvalue weighted by atomic mass is 32.1. The van der Waals surface area contributed by atoms with Crippen LogP contribution in [-0.2, 0) is 9.59 Å². The predicted octanol–water partition coefficient (Wildman–Crippen LogP) is 2.24. The average Bonchev–Trinajstić information content (AvgIpc) is 2.55. The lowest BCUT2D eigenvalue weighted by molar-refractivity contribution is -0.122. The minimum atomic E-state index is -0.684. The van der Waals surface area contributed by atoms with E-state index in [-0.39, 0.29) is 27.9 Å². The van der Waals surface area contributed by atoms with E-state index in [0.29, 0.717) is 5.56 Å². The first-order valence-electron chi connectivity index (χ1n) is 7.37. The van der Waals surface area contributed by atoms with Crippen LogP contribution >= 0.6 is 12.2 Å². The average molecular weight is 354 g/mol. The Hall–Kier alpha value is -3.19. The highest BCUT2D eigenvalue weighted by Crippen LogP contribution is 2.31. The van der Waals surface area contributed by atoms with E-state index < -0.39 is 11.8 Å². The number of phenols is 2. The van der Waals surface area contributed by atoms with E-state index in [1.165, 1.54) is 18.2 Å². The van der Waals surface area contributed by atoms with Gasteiger partial charge in [0.2, 0.25) is 0 Å². The second kappa shape index (κ2) is 6.37. The number of thiocarbonyl (C=S) groups is 1. The van der Waals surface area contributed by atoms with E-state index in [1.54, 1.807) is 37.3 Å². The number of anilines is 1. The summed E-state index contributed by atoms with van der Waals surface area (Å²) in [6.07, 6.45) is 1.28. The van der Waals surface area contributed by atoms with Gasteiger partial charge in [-0.2, -0.15) is 0 Å². The monoisotopic (exact) mass is 354 g/mol. The molecule has 0 aliphatic carbocycles. The summed E-state index contributed by atoms with van der Waals surface area (Å²) < 4.78 is 0. The minimum Gasteiger partial charge on any atom is -0.507 e. The Morgan fingerprint density at radius 1 is 1.08 bits per heavy atom. The molecule has 25 heavy (non-hydrogen) atoms. The zero-order valence-corrected chi connectivity index (χ0v) is 14.0. The van der Waals surface area contributed by atoms with Crippen molar-refractivity contribution in [3.8, 4) is 11.5 Å². The first-order chi connectivity index (χ1) is 11.9. The van der Waals surface area contributed by atoms with Gasteiger partial charge in [-0.3, -0.25) is 14.9 Å². The van der Waals surface area contributed by atoms with Gasteiger partial charge in [0.25, 0.3) is 11.8 Å². The standard InChI is InChI=1S/C18H14N2O4S/c1-10-6-7-13(15(22)8-10)20-17(24)12(16(23)19-18(20)25)9-11-4-2-3-5-14(11)21/h2-9,21-22H,1H3,(H,19,23,25). The van der Waals surface area contributed by atoms with Crippen molar-refractivity contribution in [3.63, 3.8) is 0 Å². The first kappa shape index (κ1) is 16.7. The van der Waals surface area contributed by atoms with Crippen LogP contribution in [0.4, 0.5) is 5.69 Å². The summed E-state index contributed by atoms with van der Waals surface area (Å²) in [6, 6.07) is 11.1. The molecule has 126 valence electrons. The van der Waals surface area contributed by atoms with Crippen LogP contribution in [0.25, 0.3) is 6.08 Å². The molecule has 1 aliphatic heterocycles. The van der Waals surface area contributed by atoms with Crippen molar-refractivity contribution < 1.29 is 19.8 Å². The van der Waals surface area contributed by atoms with Gasteiger partial charge in [0, 0.05) is 5.56 Å². The normalized spacial score (nSPS) is 16.3. The SMILES string of the molecule is Cc1ccc(N2C(=O)C(=Cc3ccccc3O)C(=O)NC2=S)c(O)c1. The molecule has 2 aromatic rings. The maximum absolute atomic E-state index is 12.8. The summed E-state index contributed by atoms with van der Waals surface area (Å²) in [5, 5.41) is 22.3. The molecular formula is C18H14N2O4S. The molecule has 0 spiro atoms. The number of hydrogen-bond acceptors (Lipinski definition) is 5. The van der Waals surface area contributed by atoms with Crippen LogP contribution in [-0.4, -0.2) is 27.1 Å². The molecule has 2 aromatic carbocycles. The number of phenolic OH excluding ortho intramolecular Hbond substituents is 2. The summed E-state index contributed by atoms with van der Waals surface area (Å²) >= 11 is 5.08. The summed E-state index contributed by atoms with van der Waals surface area (Å²) in [6.45, 7) is 1.80. The van der Waals surface area contributed by atoms with Gasteiger partial charge in [0.05, 0.1) is 5.69 Å². The largest absolute Gasteiger partial charge is 0.507 e. The number of para-hydroxylation sites is 1. The Kier molecular flexibility index (Phi) is 4.24. The zero-order valence-electron chi connectivity index (χ0n) is 13.2. The van der Waals surface area contributed by atoms with Gasteiger partial charge in [0.1, 0.15) is 17.1 Å². The number of amides is 2. The summed E-state index contributed by atoms with van der Waals surface area (Å²) in [5.41, 5.74) is 1.10. The highest BCUT2D eigenvalue weighted by Gasteiger charge is 2.35. The Labute approximate surface area is 149 Å². The highest BCUT2D eigenvalue weighted by molar-refractivity contribution is 7.80. The predicted molar refractivity (Wildman–Crippen MR) is 97.2 cm³/mol. The number of hydrogen-bond donors (Lipinski definition) is 3. The minimum absolute atomic E-state index is 0.0616. The van der Waals surface area contributed by atoms with Gasteiger partial charge in [-0.05, 0) is 49.0 Å². The molecule has 0 radical (unpaired) electrons. The number of aryl methyl sites for hydroxylation is 1. The molecular weight excluding hydrogens is 340 g/mol. The molecule has 0 atom stereocenters. The molecule has 6 nitrogen and oxygen atoms in total. The maximum atomic E-state index is 12.8. The topological polar surface area (TPSA) is 89.9 Å². The second-order valence-corrected chi connectivity index (χ2v) is 5.90. The molecule has 7 heteroatoms. The van der Waals surface area contributed by atoms with Gasteiger partial charge >= 0.3 is 0 Å². The van der Waals surface area contributed by atoms with Crippen molar-refractivity contribution >= 4 is 40.9 Å². The number of carbonyl (C=O) groups is 2. The Morgan fingerprint density at radius 3 is 2.48 bits per heavy atom. The molecule has 3 N–H and O–H groups in total. The van der Waals surface area contributed by atoms with E-state index >= 15 is 0 Å². The lowest BCUT2D eigenvalue weighted by Crippen LogP contribution is -2.54. The fraction of sp³-hybridized carbons (Fsp3) is 0.0556. The number of benzene rings is 2. The van der Waals surface area contributed by atoms with Crippen molar-refractivity contribution in [2.75, 3.05) is 4.90 Å². The number of nitrogens with zero attached hydrogens (tertiary/aromatic N) is 1. The third kappa shape index (κ3) is 3.09. The number of carbonyl (C=O) groups excluding carboxylic acids is 2. The molecule has 1 aliphatic rings. The first-order valence-corrected chi connectivity index (χ1v) is 7.78. The number of rotatable bonds is 2. The quantitative estimate of drug-likeness (QED) is 0.437. The fourth-order valence-corrected chi connectivity index (χ4v) is 2.74. The molecule has 3 rings (SSSR count). The molecule has 0 saturated carbocycles. The summed E-state index contributed by atoms with van der Waals surface area (Å²) in [7, 11) is 0. The molecule has 0 aromatic heterocycles. The van der Waals surface area contributed by atoms with E-state index in [0.717, 1.165) is 10.5 Å². The fourth-order valence-electron chi connectivity index (χ4n) is 2.46. The van der Waals surface area contributed by atoms with Crippen LogP contribution in [0, 0.1) is 6.92 Å². The van der Waals surface area contributed by atoms with E-state index in [9.17, 15) is 19.8 Å². The van der Waals surface area contributed by atoms with Gasteiger partial charge in [-0.15, -0.1) is 0 Å². The Balaban J connectivity index is 2.07. The second-order valence-electron chi connectivity index (χ2n) is 5.51. The third-order valence-electron chi connectivity index (χ3n) is 3.71. The van der Waals surface area contributed by atoms with Crippen LogP contribution in [0.2, 0.25) is 0 Å². The number of aromatic hydroxyl groups is 2. The molecule has 0 bridgehead atoms. The van der Waals surface area contributed by atoms with Crippen LogP contribution in [0.3, 0.4) is 0 Å². The summed E-state index contributed by atoms with van der Waals surface area (Å²) in [4.78, 5) is 26.1. The van der Waals surface area contributed by atoms with E-state index in [1.807, 2.05) is 0 Å². The Bertz CT molecular complexity index is 936. The molecule has 1 heterocycles. The van der Waals surface area contributed by atoms with Gasteiger partial charge in [0.15, 0.2) is 5.11 Å². The van der Waals surface area contributed by atoms with Crippen molar-refractivity contribution in [3.05, 3.63) is 59.2 Å². The van der Waals surface area contributed by atoms with Gasteiger partial charge < -0.3 is 10.2 Å². The Morgan fingerprint density at radius 2 is 1.80 bits per heavy atom. The van der Waals surface area contributed by atoms with E-state index in [4.69, 9.17) is 12.2 Å². The van der Waals surface area contributed by atoms with Crippen molar-refractivity contribution in [2.24, 2.45) is 0 Å². The number of nitrogens with one attached hydrogen (secondary N) is 1. The van der Waals surface area contributed by atoms with Crippen LogP contribution < -0.4 is 10.2 Å². The lowest BCUT2D eigenvalue weighted by Gasteiger charge is -2.29. The molecule has 1 fully saturated rings. The van der Waals surface area contributed by atoms with Crippen LogP contribution in [0.15, 0.2) is 48.0 Å². The van der Waals surface area contributed by atoms with Crippen molar-refractivity contribution in [1.29, 1.82) is 0 Å². The van der Waals surface area contributed by atoms with Gasteiger partial charge in [-0.25, -0.2) is 4.90 Å². The van der Waals surface area contributed by atoms with Gasteiger partial charge in [-0.1, -0.05) is 24.3 Å². The van der Waals surface area contributed by atoms with Crippen LogP contribution in [0.1, 0.15) is 11.1 Å². The van der Waals surface area contributed by atoms with E-state index in [2.05, 4.69) is 5.32 Å². The maximum Gasteiger partial charge on any atom is 0.270 e. The lowest BCUT2D eigenvalue weighted by atomic mass is 10.1.